The molecule has 0 saturated heterocycles. The normalized spacial score (nSPS) is 10.6. The monoisotopic (exact) mass is 258 g/mol. The van der Waals surface area contributed by atoms with E-state index in [0.717, 1.165) is 0 Å². The summed E-state index contributed by atoms with van der Waals surface area (Å²) < 4.78 is 13.3. The lowest BCUT2D eigenvalue weighted by atomic mass is 10.2. The first-order chi connectivity index (χ1) is 9.18. The van der Waals surface area contributed by atoms with E-state index in [1.807, 2.05) is 0 Å². The smallest absolute Gasteiger partial charge is 0.275 e. The standard InChI is InChI=1S/C14H11FN2O2/c15-12-7-3-1-5-10(12)9-16-17-14(19)11-6-2-4-8-13(11)18/h1-9,18H,(H,17,19)/b16-9-. The van der Waals surface area contributed by atoms with E-state index in [2.05, 4.69) is 10.5 Å². The van der Waals surface area contributed by atoms with Crippen LogP contribution in [0.15, 0.2) is 53.6 Å². The number of phenolic OH excluding ortho intramolecular Hbond substituents is 1. The molecule has 0 radical (unpaired) electrons. The molecule has 2 N–H and O–H groups in total. The number of aromatic hydroxyl groups is 1. The molecule has 0 aromatic heterocycles. The van der Waals surface area contributed by atoms with Crippen molar-refractivity contribution in [2.75, 3.05) is 0 Å². The average molecular weight is 258 g/mol. The molecule has 0 heterocycles. The lowest BCUT2D eigenvalue weighted by molar-refractivity contribution is 0.0952. The van der Waals surface area contributed by atoms with E-state index >= 15 is 0 Å². The lowest BCUT2D eigenvalue weighted by Gasteiger charge is -2.02. The van der Waals surface area contributed by atoms with Crippen LogP contribution in [0.2, 0.25) is 0 Å². The van der Waals surface area contributed by atoms with Crippen LogP contribution in [-0.2, 0) is 0 Å². The van der Waals surface area contributed by atoms with E-state index in [0.29, 0.717) is 0 Å². The Hall–Kier alpha value is -2.69. The van der Waals surface area contributed by atoms with Crippen LogP contribution < -0.4 is 5.43 Å². The SMILES string of the molecule is O=C(N/N=C\c1ccccc1F)c1ccccc1O. The molecule has 19 heavy (non-hydrogen) atoms. The Morgan fingerprint density at radius 2 is 1.84 bits per heavy atom. The fourth-order valence-electron chi connectivity index (χ4n) is 1.47. The minimum absolute atomic E-state index is 0.105. The Bertz CT molecular complexity index is 626. The minimum atomic E-state index is -0.564. The van der Waals surface area contributed by atoms with Gasteiger partial charge in [-0.1, -0.05) is 30.3 Å². The summed E-state index contributed by atoms with van der Waals surface area (Å²) >= 11 is 0. The van der Waals surface area contributed by atoms with Crippen LogP contribution in [-0.4, -0.2) is 17.2 Å². The van der Waals surface area contributed by atoms with Crippen LogP contribution in [0.25, 0.3) is 0 Å². The van der Waals surface area contributed by atoms with Crippen LogP contribution >= 0.6 is 0 Å². The summed E-state index contributed by atoms with van der Waals surface area (Å²) in [6.07, 6.45) is 1.20. The summed E-state index contributed by atoms with van der Waals surface area (Å²) in [7, 11) is 0. The highest BCUT2D eigenvalue weighted by atomic mass is 19.1. The summed E-state index contributed by atoms with van der Waals surface area (Å²) in [6, 6.07) is 12.1. The van der Waals surface area contributed by atoms with Crippen molar-refractivity contribution in [2.24, 2.45) is 5.10 Å². The van der Waals surface area contributed by atoms with E-state index in [-0.39, 0.29) is 16.9 Å². The summed E-state index contributed by atoms with van der Waals surface area (Å²) in [4.78, 5) is 11.7. The van der Waals surface area contributed by atoms with Gasteiger partial charge in [-0.3, -0.25) is 4.79 Å². The number of rotatable bonds is 3. The quantitative estimate of drug-likeness (QED) is 0.655. The molecule has 0 aliphatic carbocycles. The Balaban J connectivity index is 2.06. The largest absolute Gasteiger partial charge is 0.507 e. The lowest BCUT2D eigenvalue weighted by Crippen LogP contribution is -2.17. The molecule has 0 saturated carbocycles. The van der Waals surface area contributed by atoms with Gasteiger partial charge >= 0.3 is 0 Å². The molecular formula is C14H11FN2O2. The maximum absolute atomic E-state index is 13.3. The first-order valence-corrected chi connectivity index (χ1v) is 5.54. The van der Waals surface area contributed by atoms with E-state index in [1.165, 1.54) is 30.5 Å². The fourth-order valence-corrected chi connectivity index (χ4v) is 1.47. The third-order valence-electron chi connectivity index (χ3n) is 2.42. The maximum Gasteiger partial charge on any atom is 0.275 e. The summed E-state index contributed by atoms with van der Waals surface area (Å²) in [5, 5.41) is 13.1. The van der Waals surface area contributed by atoms with Crippen molar-refractivity contribution in [3.63, 3.8) is 0 Å². The van der Waals surface area contributed by atoms with Gasteiger partial charge in [-0.05, 0) is 18.2 Å². The maximum atomic E-state index is 13.3. The number of nitrogens with one attached hydrogen (secondary N) is 1. The van der Waals surface area contributed by atoms with Crippen molar-refractivity contribution in [1.29, 1.82) is 0 Å². The first kappa shape index (κ1) is 12.8. The predicted molar refractivity (Wildman–Crippen MR) is 69.6 cm³/mol. The van der Waals surface area contributed by atoms with Crippen LogP contribution in [0.4, 0.5) is 4.39 Å². The molecule has 0 bridgehead atoms. The summed E-state index contributed by atoms with van der Waals surface area (Å²) in [5.41, 5.74) is 2.59. The number of benzene rings is 2. The molecular weight excluding hydrogens is 247 g/mol. The highest BCUT2D eigenvalue weighted by molar-refractivity contribution is 5.97. The number of para-hydroxylation sites is 1. The zero-order valence-corrected chi connectivity index (χ0v) is 9.88. The van der Waals surface area contributed by atoms with Crippen molar-refractivity contribution >= 4 is 12.1 Å². The molecule has 0 aliphatic heterocycles. The number of halogens is 1. The predicted octanol–water partition coefficient (Wildman–Crippen LogP) is 2.30. The minimum Gasteiger partial charge on any atom is -0.507 e. The Labute approximate surface area is 109 Å². The van der Waals surface area contributed by atoms with Gasteiger partial charge in [0.15, 0.2) is 0 Å². The molecule has 1 amide bonds. The fraction of sp³-hybridized carbons (Fsp3) is 0. The molecule has 0 atom stereocenters. The zero-order valence-electron chi connectivity index (χ0n) is 9.88. The number of phenols is 1. The van der Waals surface area contributed by atoms with Crippen molar-refractivity contribution < 1.29 is 14.3 Å². The number of hydrogen-bond acceptors (Lipinski definition) is 3. The van der Waals surface area contributed by atoms with Gasteiger partial charge in [0.2, 0.25) is 0 Å². The topological polar surface area (TPSA) is 61.7 Å². The van der Waals surface area contributed by atoms with Crippen LogP contribution in [0.5, 0.6) is 5.75 Å². The number of carbonyl (C=O) groups excluding carboxylic acids is 1. The van der Waals surface area contributed by atoms with Crippen molar-refractivity contribution in [3.05, 3.63) is 65.5 Å². The number of hydrogen-bond donors (Lipinski definition) is 2. The van der Waals surface area contributed by atoms with Crippen LogP contribution in [0.1, 0.15) is 15.9 Å². The molecule has 4 nitrogen and oxygen atoms in total. The molecule has 0 fully saturated rings. The molecule has 0 spiro atoms. The van der Waals surface area contributed by atoms with Crippen molar-refractivity contribution in [1.82, 2.24) is 5.43 Å². The summed E-state index contributed by atoms with van der Waals surface area (Å²) in [5.74, 6) is -1.13. The van der Waals surface area contributed by atoms with Gasteiger partial charge in [0, 0.05) is 5.56 Å². The Morgan fingerprint density at radius 3 is 2.58 bits per heavy atom. The highest BCUT2D eigenvalue weighted by Crippen LogP contribution is 2.14. The number of amides is 1. The van der Waals surface area contributed by atoms with Crippen LogP contribution in [0, 0.1) is 5.82 Å². The second kappa shape index (κ2) is 5.77. The molecule has 2 aromatic rings. The number of carbonyl (C=O) groups is 1. The van der Waals surface area contributed by atoms with E-state index < -0.39 is 11.7 Å². The first-order valence-electron chi connectivity index (χ1n) is 5.54. The third-order valence-corrected chi connectivity index (χ3v) is 2.42. The molecule has 0 unspecified atom stereocenters. The zero-order chi connectivity index (χ0) is 13.7. The second-order valence-corrected chi connectivity index (χ2v) is 3.74. The number of hydrazone groups is 1. The molecule has 2 aromatic carbocycles. The summed E-state index contributed by atoms with van der Waals surface area (Å²) in [6.45, 7) is 0. The van der Waals surface area contributed by atoms with Crippen molar-refractivity contribution in [3.8, 4) is 5.75 Å². The highest BCUT2D eigenvalue weighted by Gasteiger charge is 2.08. The van der Waals surface area contributed by atoms with Gasteiger partial charge in [0.25, 0.3) is 5.91 Å². The van der Waals surface area contributed by atoms with Gasteiger partial charge in [0.05, 0.1) is 11.8 Å². The molecule has 0 aliphatic rings. The van der Waals surface area contributed by atoms with Gasteiger partial charge < -0.3 is 5.11 Å². The average Bonchev–Trinajstić information content (AvgIpc) is 2.41. The van der Waals surface area contributed by atoms with E-state index in [1.54, 1.807) is 24.3 Å². The number of nitrogens with zero attached hydrogens (tertiary/aromatic N) is 1. The molecule has 5 heteroatoms. The Morgan fingerprint density at radius 1 is 1.16 bits per heavy atom. The third kappa shape index (κ3) is 3.16. The molecule has 96 valence electrons. The van der Waals surface area contributed by atoms with Crippen molar-refractivity contribution in [2.45, 2.75) is 0 Å². The second-order valence-electron chi connectivity index (χ2n) is 3.74. The van der Waals surface area contributed by atoms with Crippen LogP contribution in [0.3, 0.4) is 0 Å². The van der Waals surface area contributed by atoms with Gasteiger partial charge in [-0.2, -0.15) is 5.10 Å². The van der Waals surface area contributed by atoms with E-state index in [4.69, 9.17) is 0 Å². The van der Waals surface area contributed by atoms with Gasteiger partial charge in [0.1, 0.15) is 11.6 Å². The van der Waals surface area contributed by atoms with Gasteiger partial charge in [-0.25, -0.2) is 9.82 Å². The molecule has 2 rings (SSSR count). The van der Waals surface area contributed by atoms with Gasteiger partial charge in [-0.15, -0.1) is 0 Å². The Kier molecular flexibility index (Phi) is 3.87. The van der Waals surface area contributed by atoms with E-state index in [9.17, 15) is 14.3 Å².